The Balaban J connectivity index is 3.75. The zero-order valence-corrected chi connectivity index (χ0v) is 6.23. The fourth-order valence-electron chi connectivity index (χ4n) is 0.284. The SMILES string of the molecule is CCC(C)OS([NH])(=O)=O. The first-order valence-electron chi connectivity index (χ1n) is 2.63. The second-order valence-electron chi connectivity index (χ2n) is 1.77. The zero-order chi connectivity index (χ0) is 7.49. The van der Waals surface area contributed by atoms with Crippen LogP contribution in [-0.4, -0.2) is 14.5 Å². The van der Waals surface area contributed by atoms with Gasteiger partial charge in [-0.05, 0) is 13.3 Å². The Kier molecular flexibility index (Phi) is 3.10. The van der Waals surface area contributed by atoms with Crippen LogP contribution in [0.3, 0.4) is 0 Å². The van der Waals surface area contributed by atoms with Crippen LogP contribution in [0, 0.1) is 0 Å². The van der Waals surface area contributed by atoms with Crippen LogP contribution in [0.25, 0.3) is 0 Å². The van der Waals surface area contributed by atoms with Crippen molar-refractivity contribution < 1.29 is 12.6 Å². The first-order valence-corrected chi connectivity index (χ1v) is 4.04. The number of hydrogen-bond donors (Lipinski definition) is 0. The third-order valence-electron chi connectivity index (χ3n) is 0.866. The van der Waals surface area contributed by atoms with Gasteiger partial charge in [0.2, 0.25) is 0 Å². The maximum Gasteiger partial charge on any atom is 0.350 e. The van der Waals surface area contributed by atoms with E-state index in [9.17, 15) is 8.42 Å². The van der Waals surface area contributed by atoms with Gasteiger partial charge in [-0.1, -0.05) is 6.92 Å². The predicted octanol–water partition coefficient (Wildman–Crippen LogP) is 0.329. The second-order valence-corrected chi connectivity index (χ2v) is 2.87. The van der Waals surface area contributed by atoms with Crippen LogP contribution in [0.1, 0.15) is 20.3 Å². The normalized spacial score (nSPS) is 15.4. The summed E-state index contributed by atoms with van der Waals surface area (Å²) in [6.07, 6.45) is 0.213. The fraction of sp³-hybridized carbons (Fsp3) is 1.00. The van der Waals surface area contributed by atoms with Crippen LogP contribution in [0.5, 0.6) is 0 Å². The molecule has 0 aliphatic heterocycles. The summed E-state index contributed by atoms with van der Waals surface area (Å²) in [7, 11) is -3.99. The van der Waals surface area contributed by atoms with E-state index in [1.165, 1.54) is 0 Å². The predicted molar refractivity (Wildman–Crippen MR) is 32.9 cm³/mol. The van der Waals surface area contributed by atoms with Crippen LogP contribution in [0.4, 0.5) is 0 Å². The molecule has 0 saturated carbocycles. The number of hydrogen-bond acceptors (Lipinski definition) is 3. The van der Waals surface area contributed by atoms with E-state index < -0.39 is 10.3 Å². The molecule has 0 bridgehead atoms. The summed E-state index contributed by atoms with van der Waals surface area (Å²) in [5.74, 6) is 0. The van der Waals surface area contributed by atoms with Gasteiger partial charge in [-0.2, -0.15) is 8.42 Å². The van der Waals surface area contributed by atoms with E-state index in [0.717, 1.165) is 0 Å². The van der Waals surface area contributed by atoms with Gasteiger partial charge in [0.25, 0.3) is 0 Å². The van der Waals surface area contributed by atoms with E-state index in [4.69, 9.17) is 5.14 Å². The lowest BCUT2D eigenvalue weighted by molar-refractivity contribution is 0.224. The Morgan fingerprint density at radius 1 is 1.67 bits per heavy atom. The van der Waals surface area contributed by atoms with Crippen molar-refractivity contribution in [1.82, 2.24) is 5.14 Å². The van der Waals surface area contributed by atoms with Crippen molar-refractivity contribution in [2.45, 2.75) is 26.4 Å². The highest BCUT2D eigenvalue weighted by Gasteiger charge is 2.07. The van der Waals surface area contributed by atoms with Crippen LogP contribution >= 0.6 is 0 Å². The molecule has 1 N–H and O–H groups in total. The first kappa shape index (κ1) is 8.87. The molecule has 4 nitrogen and oxygen atoms in total. The lowest BCUT2D eigenvalue weighted by Gasteiger charge is -2.04. The quantitative estimate of drug-likeness (QED) is 0.585. The van der Waals surface area contributed by atoms with E-state index in [1.54, 1.807) is 13.8 Å². The van der Waals surface area contributed by atoms with Gasteiger partial charge >= 0.3 is 10.3 Å². The van der Waals surface area contributed by atoms with Crippen molar-refractivity contribution in [3.8, 4) is 0 Å². The summed E-state index contributed by atoms with van der Waals surface area (Å²) in [6, 6.07) is 0. The van der Waals surface area contributed by atoms with E-state index in [0.29, 0.717) is 6.42 Å². The Hall–Kier alpha value is -0.130. The van der Waals surface area contributed by atoms with Crippen molar-refractivity contribution in [3.63, 3.8) is 0 Å². The molecule has 0 rings (SSSR count). The van der Waals surface area contributed by atoms with Crippen LogP contribution in [0.15, 0.2) is 0 Å². The Labute approximate surface area is 55.3 Å². The smallest absolute Gasteiger partial charge is 0.254 e. The lowest BCUT2D eigenvalue weighted by atomic mass is 10.3. The molecule has 0 saturated heterocycles. The Morgan fingerprint density at radius 3 is 2.22 bits per heavy atom. The summed E-state index contributed by atoms with van der Waals surface area (Å²) in [6.45, 7) is 3.39. The van der Waals surface area contributed by atoms with Gasteiger partial charge in [-0.3, -0.25) is 4.18 Å². The molecule has 0 spiro atoms. The summed E-state index contributed by atoms with van der Waals surface area (Å²) in [5.41, 5.74) is 0. The van der Waals surface area contributed by atoms with Crippen LogP contribution in [0.2, 0.25) is 0 Å². The maximum atomic E-state index is 10.0. The van der Waals surface area contributed by atoms with Crippen molar-refractivity contribution in [2.24, 2.45) is 0 Å². The molecule has 5 heteroatoms. The molecule has 0 fully saturated rings. The molecule has 0 aliphatic rings. The van der Waals surface area contributed by atoms with Gasteiger partial charge < -0.3 is 0 Å². The molecule has 0 aliphatic carbocycles. The minimum absolute atomic E-state index is 0.382. The average molecular weight is 152 g/mol. The monoisotopic (exact) mass is 152 g/mol. The maximum absolute atomic E-state index is 10.0. The summed E-state index contributed by atoms with van der Waals surface area (Å²) < 4.78 is 24.3. The molecule has 0 aromatic heterocycles. The van der Waals surface area contributed by atoms with Crippen molar-refractivity contribution in [1.29, 1.82) is 0 Å². The topological polar surface area (TPSA) is 67.2 Å². The van der Waals surface area contributed by atoms with E-state index in [-0.39, 0.29) is 6.10 Å². The Morgan fingerprint density at radius 2 is 2.11 bits per heavy atom. The molecule has 1 radical (unpaired) electrons. The molecule has 0 heterocycles. The molecule has 0 aromatic carbocycles. The molecular weight excluding hydrogens is 142 g/mol. The zero-order valence-electron chi connectivity index (χ0n) is 5.42. The van der Waals surface area contributed by atoms with Gasteiger partial charge in [0.1, 0.15) is 0 Å². The molecule has 1 unspecified atom stereocenters. The molecule has 0 aromatic rings. The first-order chi connectivity index (χ1) is 3.95. The molecule has 55 valence electrons. The molecular formula is C4H10NO3S. The molecule has 9 heavy (non-hydrogen) atoms. The second kappa shape index (κ2) is 3.14. The van der Waals surface area contributed by atoms with Gasteiger partial charge in [0.15, 0.2) is 0 Å². The minimum Gasteiger partial charge on any atom is -0.254 e. The summed E-state index contributed by atoms with van der Waals surface area (Å²) >= 11 is 0. The molecule has 0 amide bonds. The van der Waals surface area contributed by atoms with Crippen molar-refractivity contribution in [3.05, 3.63) is 0 Å². The van der Waals surface area contributed by atoms with Crippen molar-refractivity contribution in [2.75, 3.05) is 0 Å². The van der Waals surface area contributed by atoms with Gasteiger partial charge in [0.05, 0.1) is 6.10 Å². The highest BCUT2D eigenvalue weighted by Crippen LogP contribution is 1.98. The standard InChI is InChI=1S/C4H10NO3S/c1-3-4(2)8-9(5,6)7/h4-5H,3H2,1-2H3. The minimum atomic E-state index is -3.99. The third-order valence-corrected chi connectivity index (χ3v) is 1.45. The van der Waals surface area contributed by atoms with Gasteiger partial charge in [-0.15, -0.1) is 5.14 Å². The van der Waals surface area contributed by atoms with Crippen molar-refractivity contribution >= 4 is 10.3 Å². The van der Waals surface area contributed by atoms with Gasteiger partial charge in [0, 0.05) is 0 Å². The van der Waals surface area contributed by atoms with E-state index in [2.05, 4.69) is 4.18 Å². The number of rotatable bonds is 3. The highest BCUT2D eigenvalue weighted by atomic mass is 32.2. The highest BCUT2D eigenvalue weighted by molar-refractivity contribution is 7.84. The summed E-state index contributed by atoms with van der Waals surface area (Å²) in [4.78, 5) is 0. The van der Waals surface area contributed by atoms with E-state index in [1.807, 2.05) is 0 Å². The van der Waals surface area contributed by atoms with Gasteiger partial charge in [-0.25, -0.2) is 0 Å². The fourth-order valence-corrected chi connectivity index (χ4v) is 0.853. The molecule has 1 atom stereocenters. The average Bonchev–Trinajstić information content (AvgIpc) is 1.62. The van der Waals surface area contributed by atoms with Crippen LogP contribution in [-0.2, 0) is 14.5 Å². The lowest BCUT2D eigenvalue weighted by Crippen LogP contribution is -2.14. The van der Waals surface area contributed by atoms with Crippen LogP contribution < -0.4 is 5.14 Å². The largest absolute Gasteiger partial charge is 0.350 e. The number of nitrogens with one attached hydrogen (secondary N) is 1. The third kappa shape index (κ3) is 5.75. The summed E-state index contributed by atoms with van der Waals surface area (Å²) in [5, 5.41) is 6.32. The Bertz CT molecular complexity index is 163. The van der Waals surface area contributed by atoms with E-state index >= 15 is 0 Å².